The molecule has 0 bridgehead atoms. The molecule has 3 rings (SSSR count). The molecule has 1 aliphatic heterocycles. The maximum atomic E-state index is 10.1. The van der Waals surface area contributed by atoms with Crippen LogP contribution in [0.4, 0.5) is 11.4 Å². The maximum absolute atomic E-state index is 10.1. The van der Waals surface area contributed by atoms with Crippen molar-refractivity contribution >= 4 is 34.6 Å². The van der Waals surface area contributed by atoms with Gasteiger partial charge in [0.2, 0.25) is 5.90 Å². The zero-order valence-corrected chi connectivity index (χ0v) is 13.4. The van der Waals surface area contributed by atoms with Gasteiger partial charge in [-0.05, 0) is 50.1 Å². The number of rotatable bonds is 2. The number of nitrogens with zero attached hydrogens (tertiary/aromatic N) is 2. The minimum Gasteiger partial charge on any atom is -0.492 e. The normalized spacial score (nSPS) is 14.9. The molecule has 0 amide bonds. The van der Waals surface area contributed by atoms with Crippen LogP contribution in [0.2, 0.25) is 5.02 Å². The third-order valence-corrected chi connectivity index (χ3v) is 4.01. The number of hydrazone groups is 1. The number of aliphatic hydroxyl groups is 1. The summed E-state index contributed by atoms with van der Waals surface area (Å²) in [5, 5.41) is 15.0. The average molecular weight is 314 g/mol. The summed E-state index contributed by atoms with van der Waals surface area (Å²) in [4.78, 5) is 4.19. The van der Waals surface area contributed by atoms with Crippen molar-refractivity contribution in [1.29, 1.82) is 0 Å². The number of anilines is 1. The summed E-state index contributed by atoms with van der Waals surface area (Å²) in [6, 6.07) is 9.60. The number of nitrogens with one attached hydrogen (secondary N) is 1. The van der Waals surface area contributed by atoms with Gasteiger partial charge >= 0.3 is 0 Å². The molecule has 1 heterocycles. The largest absolute Gasteiger partial charge is 0.492 e. The van der Waals surface area contributed by atoms with E-state index in [1.165, 1.54) is 0 Å². The Balaban J connectivity index is 1.96. The lowest BCUT2D eigenvalue weighted by Gasteiger charge is -2.06. The fourth-order valence-corrected chi connectivity index (χ4v) is 2.64. The van der Waals surface area contributed by atoms with E-state index in [9.17, 15) is 5.11 Å². The fraction of sp³-hybridized carbons (Fsp3) is 0.176. The molecule has 2 aromatic carbocycles. The predicted molar refractivity (Wildman–Crippen MR) is 92.0 cm³/mol. The summed E-state index contributed by atoms with van der Waals surface area (Å²) in [5.74, 6) is -0.0746. The van der Waals surface area contributed by atoms with Gasteiger partial charge in [0.05, 0.1) is 11.4 Å². The topological polar surface area (TPSA) is 57.0 Å². The Kier molecular flexibility index (Phi) is 3.62. The summed E-state index contributed by atoms with van der Waals surface area (Å²) in [7, 11) is 0. The van der Waals surface area contributed by atoms with E-state index in [0.717, 1.165) is 33.6 Å². The number of halogens is 1. The van der Waals surface area contributed by atoms with Crippen LogP contribution in [-0.2, 0) is 0 Å². The Morgan fingerprint density at radius 1 is 1.09 bits per heavy atom. The first kappa shape index (κ1) is 14.6. The highest BCUT2D eigenvalue weighted by Gasteiger charge is 2.24. The summed E-state index contributed by atoms with van der Waals surface area (Å²) in [5.41, 5.74) is 8.86. The van der Waals surface area contributed by atoms with Gasteiger partial charge in [0.25, 0.3) is 0 Å². The van der Waals surface area contributed by atoms with E-state index in [1.807, 2.05) is 45.0 Å². The van der Waals surface area contributed by atoms with E-state index in [4.69, 9.17) is 11.6 Å². The lowest BCUT2D eigenvalue weighted by atomic mass is 10.0. The van der Waals surface area contributed by atoms with Gasteiger partial charge in [0.1, 0.15) is 0 Å². The van der Waals surface area contributed by atoms with Crippen molar-refractivity contribution < 1.29 is 5.11 Å². The Labute approximate surface area is 134 Å². The second-order valence-electron chi connectivity index (χ2n) is 5.45. The van der Waals surface area contributed by atoms with E-state index in [2.05, 4.69) is 15.5 Å². The van der Waals surface area contributed by atoms with Crippen molar-refractivity contribution in [3.63, 3.8) is 0 Å². The second-order valence-corrected chi connectivity index (χ2v) is 5.86. The van der Waals surface area contributed by atoms with Crippen LogP contribution in [0.1, 0.15) is 22.3 Å². The van der Waals surface area contributed by atoms with Gasteiger partial charge < -0.3 is 5.11 Å². The van der Waals surface area contributed by atoms with E-state index in [0.29, 0.717) is 10.7 Å². The molecule has 112 valence electrons. The van der Waals surface area contributed by atoms with Crippen molar-refractivity contribution in [3.8, 4) is 0 Å². The van der Waals surface area contributed by atoms with Gasteiger partial charge in [0.15, 0.2) is 5.71 Å². The van der Waals surface area contributed by atoms with Crippen LogP contribution >= 0.6 is 11.6 Å². The number of aryl methyl sites for hydroxylation is 3. The predicted octanol–water partition coefficient (Wildman–Crippen LogP) is 4.68. The molecule has 22 heavy (non-hydrogen) atoms. The SMILES string of the molecule is Cc1cc(C)c2c(c1)C(=NNc1ccc(C)c(Cl)c1)C(O)=N2. The van der Waals surface area contributed by atoms with Crippen LogP contribution in [0.3, 0.4) is 0 Å². The summed E-state index contributed by atoms with van der Waals surface area (Å²) in [6.45, 7) is 5.92. The highest BCUT2D eigenvalue weighted by molar-refractivity contribution is 6.49. The Morgan fingerprint density at radius 2 is 1.86 bits per heavy atom. The van der Waals surface area contributed by atoms with Crippen molar-refractivity contribution in [2.24, 2.45) is 10.1 Å². The third kappa shape index (κ3) is 2.57. The van der Waals surface area contributed by atoms with Crippen LogP contribution in [0.15, 0.2) is 40.4 Å². The first-order valence-corrected chi connectivity index (χ1v) is 7.33. The van der Waals surface area contributed by atoms with E-state index in [1.54, 1.807) is 6.07 Å². The molecule has 0 spiro atoms. The average Bonchev–Trinajstić information content (AvgIpc) is 2.77. The molecule has 0 saturated heterocycles. The minimum absolute atomic E-state index is 0.0746. The van der Waals surface area contributed by atoms with Gasteiger partial charge in [-0.25, -0.2) is 4.99 Å². The maximum Gasteiger partial charge on any atom is 0.240 e. The van der Waals surface area contributed by atoms with E-state index < -0.39 is 0 Å². The van der Waals surface area contributed by atoms with Crippen LogP contribution in [0.5, 0.6) is 0 Å². The van der Waals surface area contributed by atoms with Crippen LogP contribution in [-0.4, -0.2) is 16.7 Å². The Hall–Kier alpha value is -2.33. The number of fused-ring (bicyclic) bond motifs is 1. The zero-order valence-electron chi connectivity index (χ0n) is 12.6. The fourth-order valence-electron chi connectivity index (χ4n) is 2.46. The van der Waals surface area contributed by atoms with Gasteiger partial charge in [0, 0.05) is 10.6 Å². The summed E-state index contributed by atoms with van der Waals surface area (Å²) in [6.07, 6.45) is 0. The molecule has 0 radical (unpaired) electrons. The summed E-state index contributed by atoms with van der Waals surface area (Å²) < 4.78 is 0. The van der Waals surface area contributed by atoms with Crippen LogP contribution in [0, 0.1) is 20.8 Å². The highest BCUT2D eigenvalue weighted by Crippen LogP contribution is 2.31. The molecule has 0 aliphatic carbocycles. The third-order valence-electron chi connectivity index (χ3n) is 3.60. The monoisotopic (exact) mass is 313 g/mol. The minimum atomic E-state index is -0.0746. The van der Waals surface area contributed by atoms with Gasteiger partial charge in [-0.15, -0.1) is 0 Å². The molecule has 2 aromatic rings. The summed E-state index contributed by atoms with van der Waals surface area (Å²) >= 11 is 6.10. The molecule has 0 saturated carbocycles. The molecular weight excluding hydrogens is 298 g/mol. The number of benzene rings is 2. The van der Waals surface area contributed by atoms with Crippen molar-refractivity contribution in [3.05, 3.63) is 57.6 Å². The smallest absolute Gasteiger partial charge is 0.240 e. The molecule has 0 fully saturated rings. The molecule has 0 atom stereocenters. The molecule has 1 aliphatic rings. The van der Waals surface area contributed by atoms with Gasteiger partial charge in [-0.3, -0.25) is 5.43 Å². The molecule has 5 heteroatoms. The molecule has 2 N–H and O–H groups in total. The standard InChI is InChI=1S/C17H16ClN3O/c1-9-6-11(3)15-13(7-9)16(17(22)19-15)21-20-12-5-4-10(2)14(18)8-12/h4-8,20H,1-3H3,(H,19,21,22). The van der Waals surface area contributed by atoms with E-state index >= 15 is 0 Å². The van der Waals surface area contributed by atoms with Crippen molar-refractivity contribution in [2.45, 2.75) is 20.8 Å². The molecule has 0 unspecified atom stereocenters. The first-order valence-electron chi connectivity index (χ1n) is 6.95. The number of hydrogen-bond donors (Lipinski definition) is 2. The first-order chi connectivity index (χ1) is 10.5. The zero-order chi connectivity index (χ0) is 15.9. The van der Waals surface area contributed by atoms with Gasteiger partial charge in [-0.1, -0.05) is 29.3 Å². The highest BCUT2D eigenvalue weighted by atomic mass is 35.5. The van der Waals surface area contributed by atoms with Gasteiger partial charge in [-0.2, -0.15) is 5.10 Å². The quantitative estimate of drug-likeness (QED) is 0.791. The van der Waals surface area contributed by atoms with E-state index in [-0.39, 0.29) is 5.90 Å². The Morgan fingerprint density at radius 3 is 2.59 bits per heavy atom. The Bertz CT molecular complexity index is 825. The molecule has 4 nitrogen and oxygen atoms in total. The number of aliphatic hydroxyl groups excluding tert-OH is 1. The lowest BCUT2D eigenvalue weighted by molar-refractivity contribution is 0.565. The van der Waals surface area contributed by atoms with Crippen LogP contribution < -0.4 is 5.43 Å². The van der Waals surface area contributed by atoms with Crippen molar-refractivity contribution in [1.82, 2.24) is 0 Å². The van der Waals surface area contributed by atoms with Crippen LogP contribution in [0.25, 0.3) is 0 Å². The second kappa shape index (κ2) is 5.46. The number of aliphatic imine (C=N–C) groups is 1. The lowest BCUT2D eigenvalue weighted by Crippen LogP contribution is -2.12. The molecule has 0 aromatic heterocycles. The number of hydrogen-bond acceptors (Lipinski definition) is 3. The van der Waals surface area contributed by atoms with Crippen molar-refractivity contribution in [2.75, 3.05) is 5.43 Å². The molecular formula is C17H16ClN3O.